The van der Waals surface area contributed by atoms with Gasteiger partial charge in [0.2, 0.25) is 11.8 Å². The number of hydrogen-bond acceptors (Lipinski definition) is 3. The van der Waals surface area contributed by atoms with E-state index in [1.54, 1.807) is 17.9 Å². The number of anilines is 1. The van der Waals surface area contributed by atoms with Crippen LogP contribution in [-0.4, -0.2) is 21.6 Å². The molecule has 1 heterocycles. The number of carbonyl (C=O) groups is 2. The second-order valence-corrected chi connectivity index (χ2v) is 6.23. The third kappa shape index (κ3) is 3.24. The summed E-state index contributed by atoms with van der Waals surface area (Å²) in [4.78, 5) is 24.8. The largest absolute Gasteiger partial charge is 0.351 e. The molecule has 25 heavy (non-hydrogen) atoms. The van der Waals surface area contributed by atoms with Crippen LogP contribution in [0, 0.1) is 24.0 Å². The Morgan fingerprint density at radius 2 is 1.88 bits per heavy atom. The van der Waals surface area contributed by atoms with Crippen molar-refractivity contribution in [3.05, 3.63) is 47.3 Å². The van der Waals surface area contributed by atoms with Crippen molar-refractivity contribution >= 4 is 17.5 Å². The maximum Gasteiger partial charge on any atom is 0.240 e. The molecule has 2 N–H and O–H groups in total. The second-order valence-electron chi connectivity index (χ2n) is 6.23. The van der Waals surface area contributed by atoms with Gasteiger partial charge in [-0.3, -0.25) is 14.3 Å². The van der Waals surface area contributed by atoms with E-state index in [9.17, 15) is 18.4 Å². The molecule has 1 aromatic heterocycles. The van der Waals surface area contributed by atoms with Crippen LogP contribution >= 0.6 is 0 Å². The molecule has 132 valence electrons. The van der Waals surface area contributed by atoms with Crippen molar-refractivity contribution in [2.75, 3.05) is 5.32 Å². The lowest BCUT2D eigenvalue weighted by atomic mass is 10.0. The number of nitrogens with one attached hydrogen (secondary N) is 2. The first-order chi connectivity index (χ1) is 11.8. The molecule has 0 saturated heterocycles. The minimum atomic E-state index is -1.27. The first-order valence-corrected chi connectivity index (χ1v) is 7.86. The van der Waals surface area contributed by atoms with Crippen LogP contribution in [0.5, 0.6) is 0 Å². The number of aromatic nitrogens is 2. The monoisotopic (exact) mass is 348 g/mol. The summed E-state index contributed by atoms with van der Waals surface area (Å²) in [5, 5.41) is 9.10. The highest BCUT2D eigenvalue weighted by Gasteiger charge is 2.56. The quantitative estimate of drug-likeness (QED) is 0.812. The van der Waals surface area contributed by atoms with E-state index in [0.717, 1.165) is 23.4 Å². The third-order valence-electron chi connectivity index (χ3n) is 4.38. The zero-order valence-corrected chi connectivity index (χ0v) is 13.9. The fourth-order valence-electron chi connectivity index (χ4n) is 2.70. The smallest absolute Gasteiger partial charge is 0.240 e. The third-order valence-corrected chi connectivity index (χ3v) is 4.38. The minimum Gasteiger partial charge on any atom is -0.351 e. The van der Waals surface area contributed by atoms with Crippen LogP contribution in [0.15, 0.2) is 24.4 Å². The van der Waals surface area contributed by atoms with Gasteiger partial charge in [-0.15, -0.1) is 0 Å². The van der Waals surface area contributed by atoms with Gasteiger partial charge in [-0.25, -0.2) is 8.78 Å². The summed E-state index contributed by atoms with van der Waals surface area (Å²) in [7, 11) is 1.77. The van der Waals surface area contributed by atoms with E-state index < -0.39 is 34.6 Å². The van der Waals surface area contributed by atoms with Crippen LogP contribution in [0.25, 0.3) is 0 Å². The lowest BCUT2D eigenvalue weighted by Crippen LogP contribution is -2.40. The summed E-state index contributed by atoms with van der Waals surface area (Å²) >= 11 is 0. The van der Waals surface area contributed by atoms with E-state index in [1.807, 2.05) is 6.92 Å². The van der Waals surface area contributed by atoms with Gasteiger partial charge in [0.05, 0.1) is 5.69 Å². The van der Waals surface area contributed by atoms with Gasteiger partial charge in [0.1, 0.15) is 22.7 Å². The first kappa shape index (κ1) is 17.1. The van der Waals surface area contributed by atoms with Gasteiger partial charge in [0, 0.05) is 25.4 Å². The lowest BCUT2D eigenvalue weighted by Gasteiger charge is -2.16. The molecule has 1 saturated carbocycles. The lowest BCUT2D eigenvalue weighted by molar-refractivity contribution is -0.134. The van der Waals surface area contributed by atoms with E-state index in [4.69, 9.17) is 0 Å². The van der Waals surface area contributed by atoms with E-state index >= 15 is 0 Å². The number of nitrogens with zero attached hydrogens (tertiary/aromatic N) is 2. The number of rotatable bonds is 5. The summed E-state index contributed by atoms with van der Waals surface area (Å²) in [6, 6.07) is 3.29. The minimum absolute atomic E-state index is 0.238. The average molecular weight is 348 g/mol. The predicted octanol–water partition coefficient (Wildman–Crippen LogP) is 2.04. The first-order valence-electron chi connectivity index (χ1n) is 7.86. The van der Waals surface area contributed by atoms with Crippen LogP contribution in [-0.2, 0) is 23.2 Å². The summed E-state index contributed by atoms with van der Waals surface area (Å²) in [5.74, 6) is -2.91. The Morgan fingerprint density at radius 3 is 2.40 bits per heavy atom. The molecule has 0 bridgehead atoms. The SMILES string of the molecule is Cc1nn(C)cc1CNC(=O)C1(C(=O)Nc2c(F)cccc2F)CC1. The Hall–Kier alpha value is -2.77. The van der Waals surface area contributed by atoms with Crippen molar-refractivity contribution in [2.45, 2.75) is 26.3 Å². The van der Waals surface area contributed by atoms with Crippen molar-refractivity contribution in [1.29, 1.82) is 0 Å². The molecule has 0 spiro atoms. The van der Waals surface area contributed by atoms with Gasteiger partial charge in [0.25, 0.3) is 0 Å². The second kappa shape index (κ2) is 6.27. The molecule has 3 rings (SSSR count). The normalized spacial score (nSPS) is 14.9. The zero-order chi connectivity index (χ0) is 18.2. The topological polar surface area (TPSA) is 76.0 Å². The Bertz CT molecular complexity index is 823. The molecule has 1 aliphatic carbocycles. The van der Waals surface area contributed by atoms with Gasteiger partial charge in [-0.1, -0.05) is 6.07 Å². The highest BCUT2D eigenvalue weighted by atomic mass is 19.1. The molecule has 6 nitrogen and oxygen atoms in total. The highest BCUT2D eigenvalue weighted by Crippen LogP contribution is 2.47. The maximum atomic E-state index is 13.7. The van der Waals surface area contributed by atoms with Crippen molar-refractivity contribution in [2.24, 2.45) is 12.5 Å². The van der Waals surface area contributed by atoms with Crippen molar-refractivity contribution in [1.82, 2.24) is 15.1 Å². The van der Waals surface area contributed by atoms with Gasteiger partial charge < -0.3 is 10.6 Å². The van der Waals surface area contributed by atoms with E-state index in [1.165, 1.54) is 6.07 Å². The molecule has 2 aromatic rings. The van der Waals surface area contributed by atoms with Crippen LogP contribution in [0.4, 0.5) is 14.5 Å². The highest BCUT2D eigenvalue weighted by molar-refractivity contribution is 6.13. The summed E-state index contributed by atoms with van der Waals surface area (Å²) in [6.07, 6.45) is 2.46. The molecule has 0 atom stereocenters. The number of carbonyl (C=O) groups excluding carboxylic acids is 2. The molecule has 1 aromatic carbocycles. The fourth-order valence-corrected chi connectivity index (χ4v) is 2.70. The number of hydrogen-bond donors (Lipinski definition) is 2. The molecular formula is C17H18F2N4O2. The van der Waals surface area contributed by atoms with Crippen molar-refractivity contribution < 1.29 is 18.4 Å². The number of aryl methyl sites for hydroxylation is 2. The molecule has 0 aliphatic heterocycles. The Kier molecular flexibility index (Phi) is 4.28. The van der Waals surface area contributed by atoms with Gasteiger partial charge in [-0.2, -0.15) is 5.10 Å². The zero-order valence-electron chi connectivity index (χ0n) is 13.9. The molecule has 2 amide bonds. The fraction of sp³-hybridized carbons (Fsp3) is 0.353. The van der Waals surface area contributed by atoms with Gasteiger partial charge in [-0.05, 0) is 31.9 Å². The van der Waals surface area contributed by atoms with Crippen LogP contribution in [0.2, 0.25) is 0 Å². The summed E-state index contributed by atoms with van der Waals surface area (Å²) < 4.78 is 29.0. The van der Waals surface area contributed by atoms with Crippen LogP contribution < -0.4 is 10.6 Å². The molecule has 1 fully saturated rings. The van der Waals surface area contributed by atoms with E-state index in [0.29, 0.717) is 12.8 Å². The van der Waals surface area contributed by atoms with E-state index in [2.05, 4.69) is 15.7 Å². The molecular weight excluding hydrogens is 330 g/mol. The Balaban J connectivity index is 1.68. The molecule has 0 radical (unpaired) electrons. The number of para-hydroxylation sites is 1. The number of benzene rings is 1. The molecule has 8 heteroatoms. The van der Waals surface area contributed by atoms with Crippen LogP contribution in [0.1, 0.15) is 24.1 Å². The predicted molar refractivity (Wildman–Crippen MR) is 86.4 cm³/mol. The van der Waals surface area contributed by atoms with E-state index in [-0.39, 0.29) is 6.54 Å². The summed E-state index contributed by atoms with van der Waals surface area (Å²) in [6.45, 7) is 2.06. The number of amides is 2. The van der Waals surface area contributed by atoms with Gasteiger partial charge >= 0.3 is 0 Å². The van der Waals surface area contributed by atoms with Crippen molar-refractivity contribution in [3.63, 3.8) is 0 Å². The molecule has 1 aliphatic rings. The Labute approximate surface area is 143 Å². The molecule has 0 unspecified atom stereocenters. The standard InChI is InChI=1S/C17H18F2N4O2/c1-10-11(9-23(2)22-10)8-20-15(24)17(6-7-17)16(25)21-14-12(18)4-3-5-13(14)19/h3-5,9H,6-8H2,1-2H3,(H,20,24)(H,21,25). The average Bonchev–Trinajstić information content (AvgIpc) is 3.30. The summed E-state index contributed by atoms with van der Waals surface area (Å²) in [5.41, 5.74) is -0.183. The van der Waals surface area contributed by atoms with Gasteiger partial charge in [0.15, 0.2) is 0 Å². The maximum absolute atomic E-state index is 13.7. The Morgan fingerprint density at radius 1 is 1.24 bits per heavy atom. The van der Waals surface area contributed by atoms with Crippen molar-refractivity contribution in [3.8, 4) is 0 Å². The van der Waals surface area contributed by atoms with Crippen LogP contribution in [0.3, 0.4) is 0 Å². The number of halogens is 2.